The van der Waals surface area contributed by atoms with E-state index < -0.39 is 24.6 Å². The van der Waals surface area contributed by atoms with Crippen LogP contribution in [-0.4, -0.2) is 39.8 Å². The molecule has 0 fully saturated rings. The molecule has 0 saturated carbocycles. The number of hydrogen-bond donors (Lipinski definition) is 2. The topological polar surface area (TPSA) is 81.1 Å². The number of hydrogen-bond acceptors (Lipinski definition) is 5. The lowest BCUT2D eigenvalue weighted by Gasteiger charge is -2.35. The van der Waals surface area contributed by atoms with Crippen molar-refractivity contribution < 1.29 is 19.8 Å². The number of nitrogens with zero attached hydrogens (tertiary/aromatic N) is 2. The van der Waals surface area contributed by atoms with Crippen molar-refractivity contribution in [1.82, 2.24) is 4.90 Å². The van der Waals surface area contributed by atoms with Gasteiger partial charge >= 0.3 is 0 Å². The normalized spacial score (nSPS) is 15.5. The summed E-state index contributed by atoms with van der Waals surface area (Å²) < 4.78 is 0. The zero-order valence-corrected chi connectivity index (χ0v) is 49.7. The van der Waals surface area contributed by atoms with E-state index in [2.05, 4.69) is 198 Å². The van der Waals surface area contributed by atoms with Crippen molar-refractivity contribution in [1.29, 1.82) is 0 Å². The van der Waals surface area contributed by atoms with Crippen LogP contribution in [0.25, 0.3) is 87.6 Å². The van der Waals surface area contributed by atoms with Crippen molar-refractivity contribution in [2.24, 2.45) is 0 Å². The molecule has 0 spiro atoms. The first kappa shape index (κ1) is 53.3. The van der Waals surface area contributed by atoms with Gasteiger partial charge < -0.3 is 15.1 Å². The average Bonchev–Trinajstić information content (AvgIpc) is 1.34. The highest BCUT2D eigenvalue weighted by molar-refractivity contribution is 6.39. The molecular formula is C79H72N2O4. The Morgan fingerprint density at radius 3 is 1.34 bits per heavy atom. The molecule has 11 aromatic carbocycles. The monoisotopic (exact) mass is 1110 g/mol. The third-order valence-electron chi connectivity index (χ3n) is 20.6. The Kier molecular flexibility index (Phi) is 12.4. The van der Waals surface area contributed by atoms with Gasteiger partial charge in [-0.05, 0) is 183 Å². The van der Waals surface area contributed by atoms with E-state index in [1.165, 1.54) is 133 Å². The molecule has 0 radical (unpaired) electrons. The highest BCUT2D eigenvalue weighted by Gasteiger charge is 2.44. The Morgan fingerprint density at radius 2 is 0.812 bits per heavy atom. The lowest BCUT2D eigenvalue weighted by molar-refractivity contribution is -0.0531. The van der Waals surface area contributed by atoms with Gasteiger partial charge in [-0.15, -0.1) is 0 Å². The Balaban J connectivity index is 0.905. The molecular weight excluding hydrogens is 1040 g/mol. The van der Waals surface area contributed by atoms with Crippen LogP contribution in [0.4, 0.5) is 17.1 Å². The summed E-state index contributed by atoms with van der Waals surface area (Å²) in [7, 11) is 0. The summed E-state index contributed by atoms with van der Waals surface area (Å²) in [6.07, 6.45) is 9.80. The number of imide groups is 1. The molecule has 2 amide bonds. The number of fused-ring (bicyclic) bond motifs is 11. The average molecular weight is 1110 g/mol. The van der Waals surface area contributed by atoms with Crippen molar-refractivity contribution in [2.75, 3.05) is 11.4 Å². The van der Waals surface area contributed by atoms with Crippen LogP contribution in [0.3, 0.4) is 0 Å². The molecule has 15 rings (SSSR count). The number of β-amino-alcohol motifs (C(OH)–C–C–N with tert-alkyl or cyclic N) is 2. The fourth-order valence-corrected chi connectivity index (χ4v) is 16.4. The summed E-state index contributed by atoms with van der Waals surface area (Å²) in [6, 6.07) is 66.0. The molecule has 0 atom stereocenters. The number of carbonyl (C=O) groups excluding carboxylic acids is 2. The molecule has 422 valence electrons. The largest absolute Gasteiger partial charge is 0.367 e. The Hall–Kier alpha value is -8.42. The van der Waals surface area contributed by atoms with Gasteiger partial charge in [-0.2, -0.15) is 0 Å². The van der Waals surface area contributed by atoms with Crippen molar-refractivity contribution in [2.45, 2.75) is 128 Å². The molecule has 0 saturated heterocycles. The van der Waals surface area contributed by atoms with Crippen LogP contribution in [0.1, 0.15) is 160 Å². The summed E-state index contributed by atoms with van der Waals surface area (Å²) in [5.74, 6) is -1.03. The molecule has 6 nitrogen and oxygen atoms in total. The summed E-state index contributed by atoms with van der Waals surface area (Å²) in [4.78, 5) is 31.3. The van der Waals surface area contributed by atoms with Gasteiger partial charge in [0.2, 0.25) is 0 Å². The van der Waals surface area contributed by atoms with Crippen molar-refractivity contribution in [3.05, 3.63) is 220 Å². The van der Waals surface area contributed by atoms with Gasteiger partial charge in [-0.1, -0.05) is 214 Å². The molecule has 1 aliphatic heterocycles. The van der Waals surface area contributed by atoms with Crippen LogP contribution >= 0.6 is 0 Å². The second kappa shape index (κ2) is 19.8. The standard InChI is InChI=1S/C79H72N2O4/c1-7-9-11-17-40-79(41-18-12-10-8-2)69-42-47(51-34-35-60-62-37-39-64-74-63(75(84)80(76(64)85)46-71(82)83)38-36-61(73(62)74)59-23-19-22-58(51)72(59)60)26-30-56(69)57-33-29-50(45-70(57)79)81(48-27-31-54-52-20-13-15-24-65(52)77(3,4)67(54)43-48)49-28-32-55-53-21-14-16-25-66(53)78(5,6)68(55)44-49/h13-16,19-39,42-45,71,82-83H,7-12,17-18,40-41,46H2,1-6H3. The summed E-state index contributed by atoms with van der Waals surface area (Å²) in [5, 5.41) is 27.6. The minimum absolute atomic E-state index is 0.165. The van der Waals surface area contributed by atoms with Gasteiger partial charge in [0, 0.05) is 49.8 Å². The SMILES string of the molecule is CCCCCCC1(CCCCCC)c2cc(-c3ccc4c5ccc6c7c(ccc(c8cccc3c84)c75)C(=O)N(CC(O)O)C6=O)ccc2-c2ccc(N(c3ccc4c(c3)C(C)(C)c3ccccc3-4)c3ccc4c(c3)C(C)(C)c3ccccc3-4)cc21. The summed E-state index contributed by atoms with van der Waals surface area (Å²) >= 11 is 0. The molecule has 1 heterocycles. The van der Waals surface area contributed by atoms with Crippen LogP contribution in [-0.2, 0) is 16.2 Å². The fraction of sp³-hybridized carbons (Fsp3) is 0.266. The number of anilines is 3. The van der Waals surface area contributed by atoms with Crippen LogP contribution < -0.4 is 4.90 Å². The second-order valence-corrected chi connectivity index (χ2v) is 26.0. The molecule has 6 heteroatoms. The predicted molar refractivity (Wildman–Crippen MR) is 350 cm³/mol. The van der Waals surface area contributed by atoms with E-state index in [9.17, 15) is 19.8 Å². The zero-order chi connectivity index (χ0) is 58.3. The number of amides is 2. The number of carbonyl (C=O) groups is 2. The van der Waals surface area contributed by atoms with Gasteiger partial charge in [-0.25, -0.2) is 0 Å². The molecule has 0 aromatic heterocycles. The van der Waals surface area contributed by atoms with E-state index in [4.69, 9.17) is 0 Å². The van der Waals surface area contributed by atoms with Gasteiger partial charge in [0.05, 0.1) is 6.54 Å². The van der Waals surface area contributed by atoms with Crippen LogP contribution in [0.2, 0.25) is 0 Å². The molecule has 0 unspecified atom stereocenters. The lowest BCUT2D eigenvalue weighted by atomic mass is 9.70. The highest BCUT2D eigenvalue weighted by Crippen LogP contribution is 2.59. The molecule has 85 heavy (non-hydrogen) atoms. The number of unbranched alkanes of at least 4 members (excludes halogenated alkanes) is 6. The maximum atomic E-state index is 13.9. The summed E-state index contributed by atoms with van der Waals surface area (Å²) in [6.45, 7) is 13.7. The zero-order valence-electron chi connectivity index (χ0n) is 49.7. The van der Waals surface area contributed by atoms with E-state index >= 15 is 0 Å². The third-order valence-corrected chi connectivity index (χ3v) is 20.6. The van der Waals surface area contributed by atoms with Crippen molar-refractivity contribution >= 4 is 72.0 Å². The van der Waals surface area contributed by atoms with E-state index in [1.807, 2.05) is 24.3 Å². The van der Waals surface area contributed by atoms with E-state index in [1.54, 1.807) is 0 Å². The molecule has 3 aliphatic carbocycles. The fourth-order valence-electron chi connectivity index (χ4n) is 16.4. The first-order chi connectivity index (χ1) is 41.2. The van der Waals surface area contributed by atoms with E-state index in [-0.39, 0.29) is 16.2 Å². The highest BCUT2D eigenvalue weighted by atomic mass is 16.5. The van der Waals surface area contributed by atoms with Crippen LogP contribution in [0.5, 0.6) is 0 Å². The number of aliphatic hydroxyl groups is 2. The first-order valence-corrected chi connectivity index (χ1v) is 31.2. The van der Waals surface area contributed by atoms with Crippen molar-refractivity contribution in [3.8, 4) is 44.5 Å². The molecule has 4 aliphatic rings. The maximum Gasteiger partial charge on any atom is 0.261 e. The quantitative estimate of drug-likeness (QED) is 0.0331. The third kappa shape index (κ3) is 7.83. The maximum absolute atomic E-state index is 13.9. The lowest BCUT2D eigenvalue weighted by Crippen LogP contribution is -2.44. The summed E-state index contributed by atoms with van der Waals surface area (Å²) in [5.41, 5.74) is 22.5. The number of benzene rings is 11. The Morgan fingerprint density at radius 1 is 0.388 bits per heavy atom. The van der Waals surface area contributed by atoms with E-state index in [0.29, 0.717) is 16.5 Å². The minimum atomic E-state index is -1.83. The van der Waals surface area contributed by atoms with Gasteiger partial charge in [0.1, 0.15) is 0 Å². The number of rotatable bonds is 16. The molecule has 0 bridgehead atoms. The Labute approximate surface area is 498 Å². The predicted octanol–water partition coefficient (Wildman–Crippen LogP) is 19.6. The molecule has 11 aromatic rings. The second-order valence-electron chi connectivity index (χ2n) is 26.0. The number of aliphatic hydroxyl groups excluding tert-OH is 1. The smallest absolute Gasteiger partial charge is 0.261 e. The minimum Gasteiger partial charge on any atom is -0.367 e. The first-order valence-electron chi connectivity index (χ1n) is 31.2. The van der Waals surface area contributed by atoms with E-state index in [0.717, 1.165) is 68.3 Å². The van der Waals surface area contributed by atoms with Gasteiger partial charge in [-0.3, -0.25) is 14.5 Å². The van der Waals surface area contributed by atoms with Crippen molar-refractivity contribution in [3.63, 3.8) is 0 Å². The van der Waals surface area contributed by atoms with Crippen LogP contribution in [0, 0.1) is 0 Å². The van der Waals surface area contributed by atoms with Crippen LogP contribution in [0.15, 0.2) is 176 Å². The van der Waals surface area contributed by atoms with Gasteiger partial charge in [0.25, 0.3) is 11.8 Å². The Bertz CT molecular complexity index is 4410. The molecule has 2 N–H and O–H groups in total. The van der Waals surface area contributed by atoms with Gasteiger partial charge in [0.15, 0.2) is 6.29 Å².